The third-order valence-electron chi connectivity index (χ3n) is 3.98. The first-order valence-corrected chi connectivity index (χ1v) is 9.16. The lowest BCUT2D eigenvalue weighted by molar-refractivity contribution is 0.243. The van der Waals surface area contributed by atoms with Crippen LogP contribution in [0.1, 0.15) is 5.56 Å². The minimum atomic E-state index is -0.514. The molecule has 28 heavy (non-hydrogen) atoms. The average molecular weight is 395 g/mol. The SMILES string of the molecule is O=C(NCc1ccc(Oc2ccccc2F)cc1)n1sc2ncccc2c1=O. The van der Waals surface area contributed by atoms with Crippen LogP contribution in [0.15, 0.2) is 71.7 Å². The van der Waals surface area contributed by atoms with Crippen LogP contribution < -0.4 is 15.6 Å². The Morgan fingerprint density at radius 2 is 1.89 bits per heavy atom. The van der Waals surface area contributed by atoms with Gasteiger partial charge in [-0.3, -0.25) is 4.79 Å². The number of halogens is 1. The first-order chi connectivity index (χ1) is 13.6. The van der Waals surface area contributed by atoms with E-state index in [-0.39, 0.29) is 17.9 Å². The van der Waals surface area contributed by atoms with Crippen LogP contribution in [0, 0.1) is 5.82 Å². The molecule has 0 aliphatic carbocycles. The smallest absolute Gasteiger partial charge is 0.338 e. The first kappa shape index (κ1) is 17.9. The number of amides is 1. The van der Waals surface area contributed by atoms with Gasteiger partial charge in [-0.25, -0.2) is 14.2 Å². The van der Waals surface area contributed by atoms with Crippen molar-refractivity contribution < 1.29 is 13.9 Å². The predicted molar refractivity (Wildman–Crippen MR) is 104 cm³/mol. The molecule has 2 aromatic heterocycles. The van der Waals surface area contributed by atoms with E-state index in [0.29, 0.717) is 16.0 Å². The van der Waals surface area contributed by atoms with Crippen LogP contribution in [0.3, 0.4) is 0 Å². The monoisotopic (exact) mass is 395 g/mol. The number of para-hydroxylation sites is 1. The Bertz CT molecular complexity index is 1200. The molecular formula is C20H14FN3O3S. The Kier molecular flexibility index (Phi) is 4.86. The normalized spacial score (nSPS) is 10.8. The second kappa shape index (κ2) is 7.61. The molecular weight excluding hydrogens is 381 g/mol. The number of aromatic nitrogens is 2. The molecule has 4 aromatic rings. The maximum atomic E-state index is 13.6. The molecule has 0 saturated carbocycles. The third kappa shape index (κ3) is 3.63. The molecule has 0 aliphatic rings. The van der Waals surface area contributed by atoms with Gasteiger partial charge in [0.25, 0.3) is 5.56 Å². The van der Waals surface area contributed by atoms with E-state index < -0.39 is 11.8 Å². The lowest BCUT2D eigenvalue weighted by Gasteiger charge is -2.08. The van der Waals surface area contributed by atoms with Crippen molar-refractivity contribution in [2.75, 3.05) is 0 Å². The number of rotatable bonds is 4. The van der Waals surface area contributed by atoms with Crippen LogP contribution in [-0.4, -0.2) is 15.0 Å². The summed E-state index contributed by atoms with van der Waals surface area (Å²) in [5.74, 6) is 0.176. The highest BCUT2D eigenvalue weighted by molar-refractivity contribution is 7.14. The molecule has 0 unspecified atom stereocenters. The molecule has 0 aliphatic heterocycles. The van der Waals surface area contributed by atoms with Crippen LogP contribution in [0.2, 0.25) is 0 Å². The highest BCUT2D eigenvalue weighted by atomic mass is 32.1. The second-order valence-electron chi connectivity index (χ2n) is 5.88. The van der Waals surface area contributed by atoms with E-state index in [1.54, 1.807) is 60.8 Å². The van der Waals surface area contributed by atoms with E-state index in [1.807, 2.05) is 0 Å². The van der Waals surface area contributed by atoms with Crippen molar-refractivity contribution in [3.05, 3.63) is 88.6 Å². The molecule has 1 amide bonds. The zero-order chi connectivity index (χ0) is 19.5. The average Bonchev–Trinajstić information content (AvgIpc) is 3.06. The summed E-state index contributed by atoms with van der Waals surface area (Å²) in [6.07, 6.45) is 1.57. The van der Waals surface area contributed by atoms with Gasteiger partial charge in [-0.1, -0.05) is 24.3 Å². The maximum Gasteiger partial charge on any atom is 0.338 e. The van der Waals surface area contributed by atoms with Gasteiger partial charge in [-0.05, 0) is 53.5 Å². The number of hydrogen-bond acceptors (Lipinski definition) is 5. The standard InChI is InChI=1S/C20H14FN3O3S/c21-16-5-1-2-6-17(16)27-14-9-7-13(8-10-14)12-23-20(26)24-19(25)15-4-3-11-22-18(15)28-24/h1-11H,12H2,(H,23,26). The number of hydrogen-bond donors (Lipinski definition) is 1. The van der Waals surface area contributed by atoms with E-state index >= 15 is 0 Å². The van der Waals surface area contributed by atoms with Gasteiger partial charge in [-0.2, -0.15) is 3.96 Å². The third-order valence-corrected chi connectivity index (χ3v) is 4.99. The van der Waals surface area contributed by atoms with Crippen LogP contribution in [0.5, 0.6) is 11.5 Å². The van der Waals surface area contributed by atoms with Crippen molar-refractivity contribution in [2.24, 2.45) is 0 Å². The van der Waals surface area contributed by atoms with Crippen LogP contribution in [-0.2, 0) is 6.54 Å². The molecule has 0 spiro atoms. The number of fused-ring (bicyclic) bond motifs is 1. The summed E-state index contributed by atoms with van der Waals surface area (Å²) in [5, 5.41) is 3.12. The zero-order valence-corrected chi connectivity index (χ0v) is 15.3. The van der Waals surface area contributed by atoms with E-state index in [9.17, 15) is 14.0 Å². The van der Waals surface area contributed by atoms with Crippen molar-refractivity contribution in [1.82, 2.24) is 14.3 Å². The Labute approximate surface area is 163 Å². The van der Waals surface area contributed by atoms with Crippen LogP contribution in [0.4, 0.5) is 9.18 Å². The number of pyridine rings is 1. The summed E-state index contributed by atoms with van der Waals surface area (Å²) < 4.78 is 20.2. The van der Waals surface area contributed by atoms with Gasteiger partial charge in [0.05, 0.1) is 5.39 Å². The van der Waals surface area contributed by atoms with Gasteiger partial charge < -0.3 is 10.1 Å². The topological polar surface area (TPSA) is 73.2 Å². The molecule has 0 bridgehead atoms. The minimum Gasteiger partial charge on any atom is -0.454 e. The van der Waals surface area contributed by atoms with Gasteiger partial charge in [0, 0.05) is 12.7 Å². The quantitative estimate of drug-likeness (QED) is 0.563. The fourth-order valence-electron chi connectivity index (χ4n) is 2.58. The Morgan fingerprint density at radius 3 is 2.64 bits per heavy atom. The Morgan fingerprint density at radius 1 is 1.11 bits per heavy atom. The largest absolute Gasteiger partial charge is 0.454 e. The Hall–Kier alpha value is -3.52. The van der Waals surface area contributed by atoms with Crippen molar-refractivity contribution in [3.8, 4) is 11.5 Å². The summed E-state index contributed by atoms with van der Waals surface area (Å²) in [7, 11) is 0. The fraction of sp³-hybridized carbons (Fsp3) is 0.0500. The number of nitrogens with one attached hydrogen (secondary N) is 1. The maximum absolute atomic E-state index is 13.6. The van der Waals surface area contributed by atoms with Crippen molar-refractivity contribution in [1.29, 1.82) is 0 Å². The van der Waals surface area contributed by atoms with Gasteiger partial charge in [0.2, 0.25) is 0 Å². The molecule has 1 N–H and O–H groups in total. The lowest BCUT2D eigenvalue weighted by Crippen LogP contribution is -2.32. The highest BCUT2D eigenvalue weighted by Crippen LogP contribution is 2.24. The fourth-order valence-corrected chi connectivity index (χ4v) is 3.44. The van der Waals surface area contributed by atoms with Crippen LogP contribution in [0.25, 0.3) is 10.2 Å². The Balaban J connectivity index is 1.42. The molecule has 8 heteroatoms. The summed E-state index contributed by atoms with van der Waals surface area (Å²) in [6.45, 7) is 0.229. The number of nitrogens with zero attached hydrogens (tertiary/aromatic N) is 2. The summed E-state index contributed by atoms with van der Waals surface area (Å²) in [6, 6.07) is 15.8. The van der Waals surface area contributed by atoms with E-state index in [4.69, 9.17) is 4.74 Å². The molecule has 2 aromatic carbocycles. The second-order valence-corrected chi connectivity index (χ2v) is 6.82. The number of carbonyl (C=O) groups excluding carboxylic acids is 1. The molecule has 0 saturated heterocycles. The summed E-state index contributed by atoms with van der Waals surface area (Å²) >= 11 is 0.998. The minimum absolute atomic E-state index is 0.140. The van der Waals surface area contributed by atoms with E-state index in [0.717, 1.165) is 21.1 Å². The van der Waals surface area contributed by atoms with Gasteiger partial charge >= 0.3 is 6.03 Å². The van der Waals surface area contributed by atoms with Crippen molar-refractivity contribution in [2.45, 2.75) is 6.54 Å². The molecule has 0 fully saturated rings. The number of ether oxygens (including phenoxy) is 1. The van der Waals surface area contributed by atoms with Gasteiger partial charge in [-0.15, -0.1) is 0 Å². The van der Waals surface area contributed by atoms with Crippen LogP contribution >= 0.6 is 11.5 Å². The van der Waals surface area contributed by atoms with Crippen molar-refractivity contribution >= 4 is 27.8 Å². The van der Waals surface area contributed by atoms with Crippen molar-refractivity contribution in [3.63, 3.8) is 0 Å². The van der Waals surface area contributed by atoms with Gasteiger partial charge in [0.15, 0.2) is 11.6 Å². The number of benzene rings is 2. The number of carbonyl (C=O) groups is 1. The zero-order valence-electron chi connectivity index (χ0n) is 14.5. The molecule has 4 rings (SSSR count). The van der Waals surface area contributed by atoms with E-state index in [1.165, 1.54) is 6.07 Å². The molecule has 0 radical (unpaired) electrons. The highest BCUT2D eigenvalue weighted by Gasteiger charge is 2.14. The molecule has 6 nitrogen and oxygen atoms in total. The van der Waals surface area contributed by atoms with E-state index in [2.05, 4.69) is 10.3 Å². The first-order valence-electron chi connectivity index (χ1n) is 8.38. The molecule has 2 heterocycles. The van der Waals surface area contributed by atoms with Gasteiger partial charge in [0.1, 0.15) is 10.6 Å². The summed E-state index contributed by atoms with van der Waals surface area (Å²) in [5.41, 5.74) is 0.417. The molecule has 0 atom stereocenters. The molecule has 140 valence electrons. The lowest BCUT2D eigenvalue weighted by atomic mass is 10.2. The summed E-state index contributed by atoms with van der Waals surface area (Å²) in [4.78, 5) is 29.2. The predicted octanol–water partition coefficient (Wildman–Crippen LogP) is 4.15.